The highest BCUT2D eigenvalue weighted by molar-refractivity contribution is 14.0. The Labute approximate surface area is 152 Å². The van der Waals surface area contributed by atoms with Crippen LogP contribution in [0.1, 0.15) is 12.8 Å². The number of nitrogens with one attached hydrogen (secondary N) is 2. The Kier molecular flexibility index (Phi) is 9.74. The van der Waals surface area contributed by atoms with Crippen molar-refractivity contribution in [3.63, 3.8) is 0 Å². The average molecular weight is 472 g/mol. The summed E-state index contributed by atoms with van der Waals surface area (Å²) in [6.07, 6.45) is -3.12. The first-order chi connectivity index (χ1) is 10.1. The maximum Gasteiger partial charge on any atom is 0.401 e. The molecule has 2 N–H and O–H groups in total. The van der Waals surface area contributed by atoms with Gasteiger partial charge in [0.15, 0.2) is 15.8 Å². The summed E-state index contributed by atoms with van der Waals surface area (Å²) in [5.41, 5.74) is 0. The van der Waals surface area contributed by atoms with Crippen molar-refractivity contribution in [2.75, 3.05) is 45.2 Å². The zero-order valence-corrected chi connectivity index (χ0v) is 16.3. The number of alkyl halides is 3. The molecule has 0 aliphatic carbocycles. The van der Waals surface area contributed by atoms with Gasteiger partial charge in [0.25, 0.3) is 0 Å². The van der Waals surface area contributed by atoms with Gasteiger partial charge in [-0.2, -0.15) is 13.2 Å². The van der Waals surface area contributed by atoms with Crippen molar-refractivity contribution in [1.29, 1.82) is 0 Å². The molecule has 1 aliphatic heterocycles. The molecule has 0 spiro atoms. The van der Waals surface area contributed by atoms with Crippen LogP contribution in [-0.4, -0.2) is 76.7 Å². The van der Waals surface area contributed by atoms with Crippen LogP contribution in [0, 0.1) is 0 Å². The SMILES string of the molecule is CN=C(NCCCN(C)CC(F)(F)F)NC1CCS(=O)(=O)C1.I. The van der Waals surface area contributed by atoms with Crippen LogP contribution in [0.15, 0.2) is 4.99 Å². The van der Waals surface area contributed by atoms with Gasteiger partial charge in [-0.1, -0.05) is 0 Å². The Morgan fingerprint density at radius 1 is 1.39 bits per heavy atom. The van der Waals surface area contributed by atoms with Gasteiger partial charge in [-0.3, -0.25) is 9.89 Å². The van der Waals surface area contributed by atoms with E-state index in [1.165, 1.54) is 11.9 Å². The lowest BCUT2D eigenvalue weighted by Gasteiger charge is -2.19. The van der Waals surface area contributed by atoms with E-state index >= 15 is 0 Å². The van der Waals surface area contributed by atoms with Gasteiger partial charge in [-0.15, -0.1) is 24.0 Å². The van der Waals surface area contributed by atoms with Crippen molar-refractivity contribution in [2.24, 2.45) is 4.99 Å². The molecule has 11 heteroatoms. The van der Waals surface area contributed by atoms with E-state index < -0.39 is 22.6 Å². The fourth-order valence-electron chi connectivity index (χ4n) is 2.24. The summed E-state index contributed by atoms with van der Waals surface area (Å²) in [5.74, 6) is 0.729. The van der Waals surface area contributed by atoms with Crippen molar-refractivity contribution in [1.82, 2.24) is 15.5 Å². The lowest BCUT2D eigenvalue weighted by atomic mass is 10.3. The molecule has 1 fully saturated rings. The maximum absolute atomic E-state index is 12.2. The topological polar surface area (TPSA) is 73.8 Å². The van der Waals surface area contributed by atoms with Gasteiger partial charge in [0.05, 0.1) is 18.1 Å². The minimum atomic E-state index is -4.19. The fourth-order valence-corrected chi connectivity index (χ4v) is 3.91. The van der Waals surface area contributed by atoms with Crippen LogP contribution in [0.5, 0.6) is 0 Å². The zero-order valence-electron chi connectivity index (χ0n) is 13.2. The second-order valence-corrected chi connectivity index (χ2v) is 7.68. The molecule has 1 unspecified atom stereocenters. The van der Waals surface area contributed by atoms with Crippen molar-refractivity contribution in [2.45, 2.75) is 25.1 Å². The highest BCUT2D eigenvalue weighted by atomic mass is 127. The van der Waals surface area contributed by atoms with E-state index in [1.54, 1.807) is 7.05 Å². The number of rotatable bonds is 6. The van der Waals surface area contributed by atoms with E-state index in [1.807, 2.05) is 0 Å². The molecule has 6 nitrogen and oxygen atoms in total. The summed E-state index contributed by atoms with van der Waals surface area (Å²) in [5, 5.41) is 5.99. The lowest BCUT2D eigenvalue weighted by Crippen LogP contribution is -2.44. The first-order valence-electron chi connectivity index (χ1n) is 7.04. The van der Waals surface area contributed by atoms with Crippen molar-refractivity contribution in [3.05, 3.63) is 0 Å². The van der Waals surface area contributed by atoms with Crippen LogP contribution in [0.25, 0.3) is 0 Å². The number of hydrogen-bond donors (Lipinski definition) is 2. The van der Waals surface area contributed by atoms with E-state index in [2.05, 4.69) is 15.6 Å². The molecular weight excluding hydrogens is 448 g/mol. The Bertz CT molecular complexity index is 485. The fraction of sp³-hybridized carbons (Fsp3) is 0.917. The molecular formula is C12H24F3IN4O2S. The van der Waals surface area contributed by atoms with Gasteiger partial charge in [-0.05, 0) is 26.4 Å². The molecule has 0 amide bonds. The predicted molar refractivity (Wildman–Crippen MR) is 95.1 cm³/mol. The van der Waals surface area contributed by atoms with Gasteiger partial charge >= 0.3 is 6.18 Å². The average Bonchev–Trinajstić information content (AvgIpc) is 2.70. The van der Waals surface area contributed by atoms with E-state index in [-0.39, 0.29) is 41.5 Å². The molecule has 1 atom stereocenters. The summed E-state index contributed by atoms with van der Waals surface area (Å²) >= 11 is 0. The Morgan fingerprint density at radius 3 is 2.52 bits per heavy atom. The molecule has 138 valence electrons. The molecule has 0 radical (unpaired) electrons. The van der Waals surface area contributed by atoms with Crippen LogP contribution >= 0.6 is 24.0 Å². The first-order valence-corrected chi connectivity index (χ1v) is 8.86. The van der Waals surface area contributed by atoms with Gasteiger partial charge in [0.1, 0.15) is 0 Å². The van der Waals surface area contributed by atoms with Crippen LogP contribution in [0.4, 0.5) is 13.2 Å². The van der Waals surface area contributed by atoms with E-state index in [9.17, 15) is 21.6 Å². The number of sulfone groups is 1. The minimum absolute atomic E-state index is 0. The third-order valence-corrected chi connectivity index (χ3v) is 5.02. The van der Waals surface area contributed by atoms with Gasteiger partial charge in [-0.25, -0.2) is 8.42 Å². The van der Waals surface area contributed by atoms with Crippen molar-refractivity contribution in [3.8, 4) is 0 Å². The van der Waals surface area contributed by atoms with Crippen LogP contribution in [0.3, 0.4) is 0 Å². The van der Waals surface area contributed by atoms with Crippen LogP contribution in [-0.2, 0) is 9.84 Å². The maximum atomic E-state index is 12.2. The standard InChI is InChI=1S/C12H23F3N4O2S.HI/c1-16-11(18-10-4-7-22(20,21)8-10)17-5-3-6-19(2)9-12(13,14)15;/h10H,3-9H2,1-2H3,(H2,16,17,18);1H. The monoisotopic (exact) mass is 472 g/mol. The molecule has 1 heterocycles. The lowest BCUT2D eigenvalue weighted by molar-refractivity contribution is -0.143. The molecule has 1 saturated heterocycles. The van der Waals surface area contributed by atoms with Crippen LogP contribution in [0.2, 0.25) is 0 Å². The highest BCUT2D eigenvalue weighted by Gasteiger charge is 2.29. The second kappa shape index (κ2) is 9.87. The number of guanidine groups is 1. The van der Waals surface area contributed by atoms with Gasteiger partial charge in [0.2, 0.25) is 0 Å². The Morgan fingerprint density at radius 2 is 2.04 bits per heavy atom. The summed E-state index contributed by atoms with van der Waals surface area (Å²) in [7, 11) is 0.0231. The van der Waals surface area contributed by atoms with Crippen molar-refractivity contribution >= 4 is 39.8 Å². The van der Waals surface area contributed by atoms with E-state index in [0.29, 0.717) is 31.9 Å². The third-order valence-electron chi connectivity index (χ3n) is 3.26. The third kappa shape index (κ3) is 10.2. The summed E-state index contributed by atoms with van der Waals surface area (Å²) in [6, 6.07) is -0.163. The Hall–Kier alpha value is -0.300. The number of aliphatic imine (C=N–C) groups is 1. The Balaban J connectivity index is 0.00000484. The van der Waals surface area contributed by atoms with Gasteiger partial charge < -0.3 is 10.6 Å². The molecule has 0 bridgehead atoms. The first kappa shape index (κ1) is 22.7. The molecule has 0 aromatic rings. The number of halogens is 4. The summed E-state index contributed by atoms with van der Waals surface area (Å²) in [6.45, 7) is -0.164. The second-order valence-electron chi connectivity index (χ2n) is 5.45. The zero-order chi connectivity index (χ0) is 16.8. The molecule has 0 aromatic carbocycles. The largest absolute Gasteiger partial charge is 0.401 e. The van der Waals surface area contributed by atoms with Crippen LogP contribution < -0.4 is 10.6 Å². The number of nitrogens with zero attached hydrogens (tertiary/aromatic N) is 2. The van der Waals surface area contributed by atoms with Gasteiger partial charge in [0, 0.05) is 19.6 Å². The smallest absolute Gasteiger partial charge is 0.356 e. The minimum Gasteiger partial charge on any atom is -0.356 e. The molecule has 0 aromatic heterocycles. The quantitative estimate of drug-likeness (QED) is 0.260. The number of hydrogen-bond acceptors (Lipinski definition) is 4. The molecule has 1 aliphatic rings. The summed E-state index contributed by atoms with van der Waals surface area (Å²) in [4.78, 5) is 5.19. The highest BCUT2D eigenvalue weighted by Crippen LogP contribution is 2.15. The van der Waals surface area contributed by atoms with Crippen molar-refractivity contribution < 1.29 is 21.6 Å². The molecule has 0 saturated carbocycles. The summed E-state index contributed by atoms with van der Waals surface area (Å²) < 4.78 is 59.2. The normalized spacial score (nSPS) is 21.1. The predicted octanol–water partition coefficient (Wildman–Crippen LogP) is 0.841. The van der Waals surface area contributed by atoms with E-state index in [4.69, 9.17) is 0 Å². The molecule has 1 rings (SSSR count). The molecule has 23 heavy (non-hydrogen) atoms. The van der Waals surface area contributed by atoms with E-state index in [0.717, 1.165) is 0 Å².